The number of nitrogens with one attached hydrogen (secondary N) is 1. The van der Waals surface area contributed by atoms with E-state index < -0.39 is 18.5 Å². The number of thiophene rings is 1. The maximum absolute atomic E-state index is 12.0. The Morgan fingerprint density at radius 1 is 1.32 bits per heavy atom. The molecular weight excluding hydrogens is 362 g/mol. The topological polar surface area (TPSA) is 99.5 Å². The third-order valence-corrected chi connectivity index (χ3v) is 6.16. The molecule has 0 unspecified atom stereocenters. The van der Waals surface area contributed by atoms with Crippen LogP contribution in [-0.2, 0) is 27.2 Å². The fourth-order valence-corrected chi connectivity index (χ4v) is 4.93. The van der Waals surface area contributed by atoms with Gasteiger partial charge in [0.15, 0.2) is 6.61 Å². The maximum Gasteiger partial charge on any atom is 0.326 e. The first-order valence-electron chi connectivity index (χ1n) is 8.00. The van der Waals surface area contributed by atoms with Gasteiger partial charge in [0.1, 0.15) is 17.6 Å². The van der Waals surface area contributed by atoms with Crippen LogP contribution < -0.4 is 5.32 Å². The van der Waals surface area contributed by atoms with Crippen LogP contribution in [0.25, 0.3) is 0 Å². The number of rotatable bonds is 5. The Balaban J connectivity index is 1.53. The van der Waals surface area contributed by atoms with Crippen LogP contribution in [-0.4, -0.2) is 47.5 Å². The quantitative estimate of drug-likeness (QED) is 0.787. The molecule has 7 nitrogen and oxygen atoms in total. The second-order valence-corrected chi connectivity index (χ2v) is 7.92. The van der Waals surface area contributed by atoms with Crippen molar-refractivity contribution >= 4 is 45.2 Å². The van der Waals surface area contributed by atoms with Crippen LogP contribution in [0.5, 0.6) is 0 Å². The maximum atomic E-state index is 12.0. The van der Waals surface area contributed by atoms with E-state index in [0.29, 0.717) is 22.9 Å². The average molecular weight is 379 g/mol. The van der Waals surface area contributed by atoms with Crippen molar-refractivity contribution in [2.45, 2.75) is 25.7 Å². The molecule has 0 atom stereocenters. The molecule has 2 heterocycles. The second kappa shape index (κ2) is 7.89. The predicted molar refractivity (Wildman–Crippen MR) is 94.7 cm³/mol. The Morgan fingerprint density at radius 3 is 2.84 bits per heavy atom. The van der Waals surface area contributed by atoms with Crippen molar-refractivity contribution in [3.05, 3.63) is 16.0 Å². The van der Waals surface area contributed by atoms with Crippen molar-refractivity contribution in [2.24, 2.45) is 0 Å². The lowest BCUT2D eigenvalue weighted by Crippen LogP contribution is -2.32. The van der Waals surface area contributed by atoms with Crippen LogP contribution in [0.3, 0.4) is 0 Å². The van der Waals surface area contributed by atoms with Gasteiger partial charge < -0.3 is 15.0 Å². The number of ether oxygens (including phenoxy) is 1. The highest BCUT2D eigenvalue weighted by Gasteiger charge is 2.25. The Morgan fingerprint density at radius 2 is 2.12 bits per heavy atom. The number of carbonyl (C=O) groups is 3. The first-order valence-corrected chi connectivity index (χ1v) is 9.80. The molecule has 3 rings (SSSR count). The number of hydrogen-bond donors (Lipinski definition) is 1. The van der Waals surface area contributed by atoms with Gasteiger partial charge in [-0.25, -0.2) is 0 Å². The van der Waals surface area contributed by atoms with E-state index >= 15 is 0 Å². The number of anilines is 1. The largest absolute Gasteiger partial charge is 0.454 e. The first kappa shape index (κ1) is 17.8. The van der Waals surface area contributed by atoms with E-state index in [0.717, 1.165) is 47.9 Å². The minimum atomic E-state index is -0.614. The Hall–Kier alpha value is -2.05. The van der Waals surface area contributed by atoms with Crippen molar-refractivity contribution in [1.29, 1.82) is 5.26 Å². The van der Waals surface area contributed by atoms with Crippen LogP contribution in [0.2, 0.25) is 0 Å². The summed E-state index contributed by atoms with van der Waals surface area (Å²) in [5, 5.41) is 12.4. The minimum Gasteiger partial charge on any atom is -0.454 e. The average Bonchev–Trinajstić information content (AvgIpc) is 3.16. The van der Waals surface area contributed by atoms with Crippen LogP contribution in [0, 0.1) is 11.3 Å². The van der Waals surface area contributed by atoms with E-state index in [1.165, 1.54) is 16.2 Å². The van der Waals surface area contributed by atoms with Gasteiger partial charge in [-0.1, -0.05) is 11.8 Å². The summed E-state index contributed by atoms with van der Waals surface area (Å²) in [5.74, 6) is -0.436. The van der Waals surface area contributed by atoms with E-state index in [4.69, 9.17) is 4.74 Å². The number of amides is 2. The fourth-order valence-electron chi connectivity index (χ4n) is 2.85. The number of nitrogens with zero attached hydrogens (tertiary/aromatic N) is 2. The second-order valence-electron chi connectivity index (χ2n) is 5.77. The van der Waals surface area contributed by atoms with Gasteiger partial charge in [-0.15, -0.1) is 11.3 Å². The zero-order chi connectivity index (χ0) is 17.8. The van der Waals surface area contributed by atoms with E-state index in [1.807, 2.05) is 0 Å². The molecule has 0 aromatic carbocycles. The van der Waals surface area contributed by atoms with Gasteiger partial charge >= 0.3 is 5.97 Å². The van der Waals surface area contributed by atoms with E-state index in [2.05, 4.69) is 11.4 Å². The minimum absolute atomic E-state index is 0.143. The zero-order valence-corrected chi connectivity index (χ0v) is 15.1. The summed E-state index contributed by atoms with van der Waals surface area (Å²) in [6, 6.07) is 2.17. The molecule has 1 N–H and O–H groups in total. The highest BCUT2D eigenvalue weighted by Crippen LogP contribution is 2.37. The molecule has 0 radical (unpaired) electrons. The number of fused-ring (bicyclic) bond motifs is 1. The van der Waals surface area contributed by atoms with Crippen molar-refractivity contribution in [3.8, 4) is 6.07 Å². The van der Waals surface area contributed by atoms with Crippen molar-refractivity contribution in [3.63, 3.8) is 0 Å². The van der Waals surface area contributed by atoms with Gasteiger partial charge in [-0.3, -0.25) is 14.4 Å². The van der Waals surface area contributed by atoms with Crippen molar-refractivity contribution in [1.82, 2.24) is 4.90 Å². The number of nitriles is 1. The third kappa shape index (κ3) is 4.14. The Bertz CT molecular complexity index is 753. The molecule has 0 bridgehead atoms. The van der Waals surface area contributed by atoms with Gasteiger partial charge in [0.25, 0.3) is 11.1 Å². The lowest BCUT2D eigenvalue weighted by molar-refractivity contribution is -0.147. The van der Waals surface area contributed by atoms with E-state index in [9.17, 15) is 19.6 Å². The lowest BCUT2D eigenvalue weighted by Gasteiger charge is -2.13. The lowest BCUT2D eigenvalue weighted by atomic mass is 9.96. The van der Waals surface area contributed by atoms with Gasteiger partial charge in [0, 0.05) is 17.2 Å². The van der Waals surface area contributed by atoms with Gasteiger partial charge in [0.2, 0.25) is 0 Å². The van der Waals surface area contributed by atoms with Gasteiger partial charge in [-0.05, 0) is 31.2 Å². The summed E-state index contributed by atoms with van der Waals surface area (Å²) in [7, 11) is 0. The summed E-state index contributed by atoms with van der Waals surface area (Å²) >= 11 is 2.59. The fraction of sp³-hybridized carbons (Fsp3) is 0.500. The van der Waals surface area contributed by atoms with Crippen molar-refractivity contribution < 1.29 is 19.1 Å². The van der Waals surface area contributed by atoms with E-state index in [-0.39, 0.29) is 11.8 Å². The van der Waals surface area contributed by atoms with Crippen LogP contribution in [0.4, 0.5) is 9.80 Å². The molecular formula is C16H17N3O4S2. The Labute approximate surface area is 153 Å². The predicted octanol–water partition coefficient (Wildman–Crippen LogP) is 2.15. The molecule has 1 saturated heterocycles. The normalized spacial score (nSPS) is 16.3. The third-order valence-electron chi connectivity index (χ3n) is 4.07. The van der Waals surface area contributed by atoms with Crippen molar-refractivity contribution in [2.75, 3.05) is 30.8 Å². The summed E-state index contributed by atoms with van der Waals surface area (Å²) in [4.78, 5) is 37.7. The standard InChI is InChI=1S/C16H17N3O4S2/c17-7-11-10-3-1-2-4-12(10)25-15(11)18-13(20)9-23-14(21)8-19-5-6-24-16(19)22/h1-6,8-9H2,(H,18,20). The summed E-state index contributed by atoms with van der Waals surface area (Å²) < 4.78 is 4.93. The molecule has 1 fully saturated rings. The SMILES string of the molecule is N#Cc1c(NC(=O)COC(=O)CN2CCSC2=O)sc2c1CCCC2. The van der Waals surface area contributed by atoms with Crippen LogP contribution in [0.1, 0.15) is 28.8 Å². The molecule has 9 heteroatoms. The molecule has 132 valence electrons. The highest BCUT2D eigenvalue weighted by molar-refractivity contribution is 8.13. The summed E-state index contributed by atoms with van der Waals surface area (Å²) in [6.07, 6.45) is 3.94. The summed E-state index contributed by atoms with van der Waals surface area (Å²) in [5.41, 5.74) is 1.56. The van der Waals surface area contributed by atoms with Gasteiger partial charge in [0.05, 0.1) is 5.56 Å². The molecule has 1 aliphatic carbocycles. The molecule has 2 aliphatic rings. The smallest absolute Gasteiger partial charge is 0.326 e. The molecule has 1 aromatic rings. The monoisotopic (exact) mass is 379 g/mol. The number of aryl methyl sites for hydroxylation is 1. The number of thioether (sulfide) groups is 1. The zero-order valence-electron chi connectivity index (χ0n) is 13.5. The first-order chi connectivity index (χ1) is 12.1. The highest BCUT2D eigenvalue weighted by atomic mass is 32.2. The van der Waals surface area contributed by atoms with Crippen LogP contribution in [0.15, 0.2) is 0 Å². The van der Waals surface area contributed by atoms with Gasteiger partial charge in [-0.2, -0.15) is 5.26 Å². The number of carbonyl (C=O) groups excluding carboxylic acids is 3. The molecule has 2 amide bonds. The number of hydrogen-bond acceptors (Lipinski definition) is 7. The molecule has 25 heavy (non-hydrogen) atoms. The molecule has 1 aromatic heterocycles. The van der Waals surface area contributed by atoms with Crippen LogP contribution >= 0.6 is 23.1 Å². The Kier molecular flexibility index (Phi) is 5.60. The molecule has 0 spiro atoms. The summed E-state index contributed by atoms with van der Waals surface area (Å²) in [6.45, 7) is -0.0611. The number of esters is 1. The van der Waals surface area contributed by atoms with E-state index in [1.54, 1.807) is 0 Å². The molecule has 0 saturated carbocycles. The molecule has 1 aliphatic heterocycles.